The second-order valence-electron chi connectivity index (χ2n) is 3.20. The topological polar surface area (TPSA) is 32.3 Å². The van der Waals surface area contributed by atoms with Crippen molar-refractivity contribution in [3.05, 3.63) is 28.8 Å². The number of nitrogens with one attached hydrogen (secondary N) is 1. The Morgan fingerprint density at radius 3 is 2.56 bits per heavy atom. The highest BCUT2D eigenvalue weighted by atomic mass is 35.5. The molecule has 1 aromatic carbocycles. The molecule has 0 radical (unpaired) electrons. The SMILES string of the molecule is OCCCNc1ccc(Cl)c(C(F)(F)F)c1. The van der Waals surface area contributed by atoms with E-state index in [1.807, 2.05) is 0 Å². The molecule has 0 heterocycles. The van der Waals surface area contributed by atoms with E-state index >= 15 is 0 Å². The first-order valence-corrected chi connectivity index (χ1v) is 5.04. The summed E-state index contributed by atoms with van der Waals surface area (Å²) in [5.41, 5.74) is -0.520. The molecule has 0 aliphatic rings. The van der Waals surface area contributed by atoms with Crippen LogP contribution in [0, 0.1) is 0 Å². The summed E-state index contributed by atoms with van der Waals surface area (Å²) in [7, 11) is 0. The maximum atomic E-state index is 12.5. The highest BCUT2D eigenvalue weighted by molar-refractivity contribution is 6.31. The third kappa shape index (κ3) is 3.57. The van der Waals surface area contributed by atoms with Gasteiger partial charge in [0, 0.05) is 18.8 Å². The molecule has 0 aliphatic carbocycles. The number of aliphatic hydroxyl groups is 1. The molecule has 0 aliphatic heterocycles. The minimum atomic E-state index is -4.45. The van der Waals surface area contributed by atoms with E-state index in [1.165, 1.54) is 12.1 Å². The van der Waals surface area contributed by atoms with E-state index in [0.29, 0.717) is 18.7 Å². The molecule has 0 unspecified atom stereocenters. The van der Waals surface area contributed by atoms with Crippen LogP contribution in [0.1, 0.15) is 12.0 Å². The number of hydrogen-bond acceptors (Lipinski definition) is 2. The Balaban J connectivity index is 2.82. The van der Waals surface area contributed by atoms with E-state index < -0.39 is 11.7 Å². The Kier molecular flexibility index (Phi) is 4.44. The van der Waals surface area contributed by atoms with Crippen LogP contribution in [0.3, 0.4) is 0 Å². The van der Waals surface area contributed by atoms with Crippen molar-refractivity contribution in [3.8, 4) is 0 Å². The summed E-state index contributed by atoms with van der Waals surface area (Å²) in [6, 6.07) is 3.63. The lowest BCUT2D eigenvalue weighted by Crippen LogP contribution is -2.08. The van der Waals surface area contributed by atoms with Crippen LogP contribution in [-0.2, 0) is 6.18 Å². The van der Waals surface area contributed by atoms with Crippen molar-refractivity contribution in [2.45, 2.75) is 12.6 Å². The fourth-order valence-electron chi connectivity index (χ4n) is 1.16. The van der Waals surface area contributed by atoms with Crippen molar-refractivity contribution in [3.63, 3.8) is 0 Å². The molecule has 0 saturated heterocycles. The van der Waals surface area contributed by atoms with E-state index in [0.717, 1.165) is 6.07 Å². The van der Waals surface area contributed by atoms with Crippen molar-refractivity contribution in [1.82, 2.24) is 0 Å². The molecule has 0 spiro atoms. The Morgan fingerprint density at radius 2 is 2.00 bits per heavy atom. The Labute approximate surface area is 96.0 Å². The molecule has 0 aromatic heterocycles. The Morgan fingerprint density at radius 1 is 1.31 bits per heavy atom. The van der Waals surface area contributed by atoms with Gasteiger partial charge in [-0.05, 0) is 24.6 Å². The number of benzene rings is 1. The van der Waals surface area contributed by atoms with Gasteiger partial charge in [0.1, 0.15) is 0 Å². The number of hydrogen-bond donors (Lipinski definition) is 2. The number of halogens is 4. The molecule has 0 saturated carbocycles. The van der Waals surface area contributed by atoms with Crippen LogP contribution in [0.4, 0.5) is 18.9 Å². The van der Waals surface area contributed by atoms with Gasteiger partial charge in [-0.3, -0.25) is 0 Å². The number of anilines is 1. The average molecular weight is 254 g/mol. The van der Waals surface area contributed by atoms with Crippen molar-refractivity contribution in [1.29, 1.82) is 0 Å². The fraction of sp³-hybridized carbons (Fsp3) is 0.400. The Bertz CT molecular complexity index is 354. The summed E-state index contributed by atoms with van der Waals surface area (Å²) in [6.45, 7) is 0.405. The van der Waals surface area contributed by atoms with Gasteiger partial charge in [0.25, 0.3) is 0 Å². The molecule has 2 N–H and O–H groups in total. The maximum Gasteiger partial charge on any atom is 0.417 e. The van der Waals surface area contributed by atoms with Gasteiger partial charge in [0.2, 0.25) is 0 Å². The van der Waals surface area contributed by atoms with Gasteiger partial charge in [-0.25, -0.2) is 0 Å². The third-order valence-electron chi connectivity index (χ3n) is 1.94. The van der Waals surface area contributed by atoms with Crippen molar-refractivity contribution >= 4 is 17.3 Å². The zero-order chi connectivity index (χ0) is 12.2. The van der Waals surface area contributed by atoms with Crippen LogP contribution < -0.4 is 5.32 Å². The predicted molar refractivity (Wildman–Crippen MR) is 56.6 cm³/mol. The molecule has 0 bridgehead atoms. The first-order valence-electron chi connectivity index (χ1n) is 4.66. The molecule has 0 fully saturated rings. The maximum absolute atomic E-state index is 12.5. The molecule has 2 nitrogen and oxygen atoms in total. The van der Waals surface area contributed by atoms with Gasteiger partial charge < -0.3 is 10.4 Å². The standard InChI is InChI=1S/C10H11ClF3NO/c11-9-3-2-7(15-4-1-5-16)6-8(9)10(12,13)14/h2-3,6,15-16H,1,4-5H2. The largest absolute Gasteiger partial charge is 0.417 e. The smallest absolute Gasteiger partial charge is 0.396 e. The summed E-state index contributed by atoms with van der Waals surface area (Å²) in [5, 5.41) is 11.0. The molecule has 1 aromatic rings. The van der Waals surface area contributed by atoms with E-state index in [-0.39, 0.29) is 11.6 Å². The highest BCUT2D eigenvalue weighted by Gasteiger charge is 2.33. The fourth-order valence-corrected chi connectivity index (χ4v) is 1.39. The second kappa shape index (κ2) is 5.41. The second-order valence-corrected chi connectivity index (χ2v) is 3.60. The molecule has 90 valence electrons. The van der Waals surface area contributed by atoms with E-state index in [9.17, 15) is 13.2 Å². The van der Waals surface area contributed by atoms with Gasteiger partial charge in [-0.1, -0.05) is 11.6 Å². The van der Waals surface area contributed by atoms with E-state index in [4.69, 9.17) is 16.7 Å². The third-order valence-corrected chi connectivity index (χ3v) is 2.27. The molecule has 0 amide bonds. The van der Waals surface area contributed by atoms with Crippen LogP contribution in [0.25, 0.3) is 0 Å². The minimum Gasteiger partial charge on any atom is -0.396 e. The van der Waals surface area contributed by atoms with Crippen molar-refractivity contribution in [2.24, 2.45) is 0 Å². The molecule has 16 heavy (non-hydrogen) atoms. The van der Waals surface area contributed by atoms with Gasteiger partial charge in [0.05, 0.1) is 10.6 Å². The van der Waals surface area contributed by atoms with Crippen molar-refractivity contribution < 1.29 is 18.3 Å². The van der Waals surface area contributed by atoms with Gasteiger partial charge in [-0.15, -0.1) is 0 Å². The van der Waals surface area contributed by atoms with E-state index in [1.54, 1.807) is 0 Å². The Hall–Kier alpha value is -0.940. The first kappa shape index (κ1) is 13.1. The molecular weight excluding hydrogens is 243 g/mol. The summed E-state index contributed by atoms with van der Waals surface area (Å²) >= 11 is 5.45. The molecular formula is C10H11ClF3NO. The normalized spacial score (nSPS) is 11.6. The summed E-state index contributed by atoms with van der Waals surface area (Å²) in [5.74, 6) is 0. The lowest BCUT2D eigenvalue weighted by Gasteiger charge is -2.12. The van der Waals surface area contributed by atoms with Crippen LogP contribution >= 0.6 is 11.6 Å². The summed E-state index contributed by atoms with van der Waals surface area (Å²) < 4.78 is 37.4. The molecule has 0 atom stereocenters. The summed E-state index contributed by atoms with van der Waals surface area (Å²) in [6.07, 6.45) is -3.98. The lowest BCUT2D eigenvalue weighted by atomic mass is 10.2. The van der Waals surface area contributed by atoms with Crippen molar-refractivity contribution in [2.75, 3.05) is 18.5 Å². The predicted octanol–water partition coefficient (Wildman–Crippen LogP) is 3.15. The quantitative estimate of drug-likeness (QED) is 0.808. The zero-order valence-electron chi connectivity index (χ0n) is 8.31. The van der Waals surface area contributed by atoms with Gasteiger partial charge >= 0.3 is 6.18 Å². The van der Waals surface area contributed by atoms with Crippen LogP contribution in [0.2, 0.25) is 5.02 Å². The number of aliphatic hydroxyl groups excluding tert-OH is 1. The first-order chi connectivity index (χ1) is 7.45. The number of rotatable bonds is 4. The molecule has 1 rings (SSSR count). The van der Waals surface area contributed by atoms with Crippen LogP contribution in [-0.4, -0.2) is 18.3 Å². The van der Waals surface area contributed by atoms with E-state index in [2.05, 4.69) is 5.32 Å². The highest BCUT2D eigenvalue weighted by Crippen LogP contribution is 2.36. The minimum absolute atomic E-state index is 0.00722. The lowest BCUT2D eigenvalue weighted by molar-refractivity contribution is -0.137. The monoisotopic (exact) mass is 253 g/mol. The van der Waals surface area contributed by atoms with Crippen LogP contribution in [0.15, 0.2) is 18.2 Å². The average Bonchev–Trinajstić information content (AvgIpc) is 2.19. The molecule has 6 heteroatoms. The van der Waals surface area contributed by atoms with Gasteiger partial charge in [0.15, 0.2) is 0 Å². The zero-order valence-corrected chi connectivity index (χ0v) is 9.07. The van der Waals surface area contributed by atoms with Crippen LogP contribution in [0.5, 0.6) is 0 Å². The summed E-state index contributed by atoms with van der Waals surface area (Å²) in [4.78, 5) is 0. The van der Waals surface area contributed by atoms with Gasteiger partial charge in [-0.2, -0.15) is 13.2 Å². The number of alkyl halides is 3.